The Kier molecular flexibility index (Phi) is 6.56. The molecular weight excluding hydrogens is 322 g/mol. The summed E-state index contributed by atoms with van der Waals surface area (Å²) in [5.74, 6) is -1.65. The molecule has 0 aromatic heterocycles. The number of hydrogen-bond acceptors (Lipinski definition) is 5. The Morgan fingerprint density at radius 2 is 1.92 bits per heavy atom. The molecule has 0 heterocycles. The highest BCUT2D eigenvalue weighted by atomic mass is 16.5. The van der Waals surface area contributed by atoms with E-state index in [0.717, 1.165) is 19.3 Å². The van der Waals surface area contributed by atoms with Crippen LogP contribution in [0.15, 0.2) is 18.2 Å². The summed E-state index contributed by atoms with van der Waals surface area (Å²) >= 11 is 0. The number of carbonyl (C=O) groups excluding carboxylic acids is 3. The molecule has 1 aliphatic carbocycles. The van der Waals surface area contributed by atoms with Crippen LogP contribution in [0, 0.1) is 5.92 Å². The molecule has 1 N–H and O–H groups in total. The summed E-state index contributed by atoms with van der Waals surface area (Å²) in [6.07, 6.45) is 3.81. The lowest BCUT2D eigenvalue weighted by atomic mass is 9.99. The van der Waals surface area contributed by atoms with Crippen molar-refractivity contribution in [1.82, 2.24) is 5.32 Å². The highest BCUT2D eigenvalue weighted by Gasteiger charge is 2.27. The van der Waals surface area contributed by atoms with E-state index >= 15 is 0 Å². The zero-order valence-electron chi connectivity index (χ0n) is 15.0. The van der Waals surface area contributed by atoms with Gasteiger partial charge < -0.3 is 14.8 Å². The molecular formula is C19H25NO5. The Morgan fingerprint density at radius 3 is 2.60 bits per heavy atom. The van der Waals surface area contributed by atoms with Crippen LogP contribution < -0.4 is 5.32 Å². The summed E-state index contributed by atoms with van der Waals surface area (Å²) in [5, 5.41) is 2.58. The molecule has 136 valence electrons. The van der Waals surface area contributed by atoms with Gasteiger partial charge in [-0.3, -0.25) is 4.79 Å². The van der Waals surface area contributed by atoms with Crippen molar-refractivity contribution in [1.29, 1.82) is 0 Å². The van der Waals surface area contributed by atoms with E-state index in [4.69, 9.17) is 9.47 Å². The first-order valence-corrected chi connectivity index (χ1v) is 8.62. The summed E-state index contributed by atoms with van der Waals surface area (Å²) in [7, 11) is 1.28. The summed E-state index contributed by atoms with van der Waals surface area (Å²) in [5.41, 5.74) is 2.88. The van der Waals surface area contributed by atoms with E-state index in [1.54, 1.807) is 6.07 Å². The fraction of sp³-hybridized carbons (Fsp3) is 0.526. The number of fused-ring (bicyclic) bond motifs is 1. The molecule has 2 atom stereocenters. The summed E-state index contributed by atoms with van der Waals surface area (Å²) in [6, 6.07) is 4.75. The minimum atomic E-state index is -0.749. The number of aryl methyl sites for hydroxylation is 2. The van der Waals surface area contributed by atoms with Gasteiger partial charge in [0, 0.05) is 0 Å². The normalized spacial score (nSPS) is 15.0. The van der Waals surface area contributed by atoms with E-state index in [1.807, 2.05) is 26.0 Å². The fourth-order valence-electron chi connectivity index (χ4n) is 2.92. The standard InChI is InChI=1S/C19H25NO5/c1-4-12(2)17(19(23)24-3)20-16(21)11-25-18(22)15-9-8-13-6-5-7-14(13)10-15/h8-10,12,17H,4-7,11H2,1-3H3,(H,20,21)/t12-,17+/m1/s1. The Morgan fingerprint density at radius 1 is 1.20 bits per heavy atom. The molecule has 0 saturated heterocycles. The van der Waals surface area contributed by atoms with Crippen molar-refractivity contribution in [3.8, 4) is 0 Å². The maximum Gasteiger partial charge on any atom is 0.338 e. The number of esters is 2. The average molecular weight is 347 g/mol. The molecule has 25 heavy (non-hydrogen) atoms. The number of methoxy groups -OCH3 is 1. The van der Waals surface area contributed by atoms with Crippen LogP contribution in [-0.4, -0.2) is 37.6 Å². The van der Waals surface area contributed by atoms with Crippen LogP contribution in [0.25, 0.3) is 0 Å². The van der Waals surface area contributed by atoms with Gasteiger partial charge >= 0.3 is 11.9 Å². The van der Waals surface area contributed by atoms with Crippen LogP contribution >= 0.6 is 0 Å². The van der Waals surface area contributed by atoms with Crippen LogP contribution in [0.1, 0.15) is 48.2 Å². The van der Waals surface area contributed by atoms with Crippen LogP contribution in [0.3, 0.4) is 0 Å². The van der Waals surface area contributed by atoms with Gasteiger partial charge in [0.05, 0.1) is 12.7 Å². The second kappa shape index (κ2) is 8.65. The van der Waals surface area contributed by atoms with Gasteiger partial charge in [0.25, 0.3) is 5.91 Å². The topological polar surface area (TPSA) is 81.7 Å². The largest absolute Gasteiger partial charge is 0.467 e. The molecule has 1 amide bonds. The monoisotopic (exact) mass is 347 g/mol. The van der Waals surface area contributed by atoms with E-state index in [0.29, 0.717) is 12.0 Å². The number of benzene rings is 1. The maximum atomic E-state index is 12.1. The number of hydrogen-bond donors (Lipinski definition) is 1. The van der Waals surface area contributed by atoms with Crippen LogP contribution in [0.4, 0.5) is 0 Å². The van der Waals surface area contributed by atoms with E-state index < -0.39 is 30.5 Å². The van der Waals surface area contributed by atoms with Gasteiger partial charge in [-0.25, -0.2) is 9.59 Å². The number of nitrogens with one attached hydrogen (secondary N) is 1. The highest BCUT2D eigenvalue weighted by molar-refractivity contribution is 5.92. The van der Waals surface area contributed by atoms with Gasteiger partial charge in [0.15, 0.2) is 6.61 Å². The number of ether oxygens (including phenoxy) is 2. The molecule has 0 saturated carbocycles. The van der Waals surface area contributed by atoms with Crippen molar-refractivity contribution >= 4 is 17.8 Å². The second-order valence-corrected chi connectivity index (χ2v) is 6.37. The molecule has 1 aromatic carbocycles. The lowest BCUT2D eigenvalue weighted by Crippen LogP contribution is -2.47. The lowest BCUT2D eigenvalue weighted by molar-refractivity contribution is -0.147. The Hall–Kier alpha value is -2.37. The average Bonchev–Trinajstić information content (AvgIpc) is 3.10. The molecule has 0 fully saturated rings. The van der Waals surface area contributed by atoms with E-state index in [9.17, 15) is 14.4 Å². The van der Waals surface area contributed by atoms with Crippen molar-refractivity contribution in [2.24, 2.45) is 5.92 Å². The quantitative estimate of drug-likeness (QED) is 0.763. The van der Waals surface area contributed by atoms with Gasteiger partial charge in [-0.05, 0) is 48.4 Å². The minimum absolute atomic E-state index is 0.0798. The molecule has 0 unspecified atom stereocenters. The zero-order chi connectivity index (χ0) is 18.4. The van der Waals surface area contributed by atoms with Crippen LogP contribution in [-0.2, 0) is 31.9 Å². The first-order valence-electron chi connectivity index (χ1n) is 8.62. The van der Waals surface area contributed by atoms with E-state index in [1.165, 1.54) is 18.2 Å². The van der Waals surface area contributed by atoms with Crippen LogP contribution in [0.5, 0.6) is 0 Å². The predicted octanol–water partition coefficient (Wildman–Crippen LogP) is 2.04. The molecule has 0 radical (unpaired) electrons. The molecule has 2 rings (SSSR count). The number of carbonyl (C=O) groups is 3. The van der Waals surface area contributed by atoms with Gasteiger partial charge in [0.1, 0.15) is 6.04 Å². The van der Waals surface area contributed by atoms with Crippen molar-refractivity contribution in [2.45, 2.75) is 45.6 Å². The summed E-state index contributed by atoms with van der Waals surface area (Å²) in [4.78, 5) is 35.9. The smallest absolute Gasteiger partial charge is 0.338 e. The highest BCUT2D eigenvalue weighted by Crippen LogP contribution is 2.23. The Labute approximate surface area is 147 Å². The van der Waals surface area contributed by atoms with Gasteiger partial charge in [-0.2, -0.15) is 0 Å². The first kappa shape index (κ1) is 19.0. The van der Waals surface area contributed by atoms with E-state index in [2.05, 4.69) is 5.32 Å². The minimum Gasteiger partial charge on any atom is -0.467 e. The third-order valence-corrected chi connectivity index (χ3v) is 4.65. The number of amides is 1. The van der Waals surface area contributed by atoms with Gasteiger partial charge in [0.2, 0.25) is 0 Å². The number of rotatable bonds is 7. The third-order valence-electron chi connectivity index (χ3n) is 4.65. The van der Waals surface area contributed by atoms with Crippen molar-refractivity contribution in [2.75, 3.05) is 13.7 Å². The van der Waals surface area contributed by atoms with Crippen molar-refractivity contribution in [3.63, 3.8) is 0 Å². The van der Waals surface area contributed by atoms with Gasteiger partial charge in [-0.1, -0.05) is 26.3 Å². The van der Waals surface area contributed by atoms with Crippen molar-refractivity contribution in [3.05, 3.63) is 34.9 Å². The first-order chi connectivity index (χ1) is 12.0. The Balaban J connectivity index is 1.90. The zero-order valence-corrected chi connectivity index (χ0v) is 15.0. The molecule has 1 aliphatic rings. The predicted molar refractivity (Wildman–Crippen MR) is 92.2 cm³/mol. The second-order valence-electron chi connectivity index (χ2n) is 6.37. The van der Waals surface area contributed by atoms with Gasteiger partial charge in [-0.15, -0.1) is 0 Å². The Bertz CT molecular complexity index is 655. The molecule has 6 nitrogen and oxygen atoms in total. The SMILES string of the molecule is CC[C@@H](C)[C@H](NC(=O)COC(=O)c1ccc2c(c1)CCC2)C(=O)OC. The lowest BCUT2D eigenvalue weighted by Gasteiger charge is -2.21. The van der Waals surface area contributed by atoms with Crippen LogP contribution in [0.2, 0.25) is 0 Å². The van der Waals surface area contributed by atoms with E-state index in [-0.39, 0.29) is 5.92 Å². The molecule has 0 spiro atoms. The van der Waals surface area contributed by atoms with Crippen molar-refractivity contribution < 1.29 is 23.9 Å². The summed E-state index contributed by atoms with van der Waals surface area (Å²) in [6.45, 7) is 3.33. The molecule has 1 aromatic rings. The third kappa shape index (κ3) is 4.81. The maximum absolute atomic E-state index is 12.1. The molecule has 6 heteroatoms. The fourth-order valence-corrected chi connectivity index (χ4v) is 2.92. The summed E-state index contributed by atoms with van der Waals surface area (Å²) < 4.78 is 9.79. The molecule has 0 aliphatic heterocycles. The molecule has 0 bridgehead atoms.